The van der Waals surface area contributed by atoms with Crippen molar-refractivity contribution in [3.05, 3.63) is 22.4 Å². The van der Waals surface area contributed by atoms with E-state index in [4.69, 9.17) is 0 Å². The molecule has 1 fully saturated rings. The molecule has 0 radical (unpaired) electrons. The molecule has 1 amide bonds. The molecule has 2 rings (SSSR count). The molecule has 22 heavy (non-hydrogen) atoms. The first kappa shape index (κ1) is 16.8. The fraction of sp³-hybridized carbons (Fsp3) is 0.588. The van der Waals surface area contributed by atoms with E-state index in [1.54, 1.807) is 0 Å². The van der Waals surface area contributed by atoms with Gasteiger partial charge in [-0.1, -0.05) is 18.7 Å². The molecule has 1 atom stereocenters. The Morgan fingerprint density at radius 1 is 1.41 bits per heavy atom. The minimum Gasteiger partial charge on any atom is -0.342 e. The van der Waals surface area contributed by atoms with E-state index >= 15 is 0 Å². The van der Waals surface area contributed by atoms with Crippen molar-refractivity contribution < 1.29 is 4.79 Å². The number of piperidine rings is 1. The molecule has 1 aliphatic rings. The molecule has 0 aromatic carbocycles. The van der Waals surface area contributed by atoms with E-state index in [9.17, 15) is 10.1 Å². The second kappa shape index (κ2) is 7.15. The summed E-state index contributed by atoms with van der Waals surface area (Å²) in [7, 11) is 0. The van der Waals surface area contributed by atoms with Crippen LogP contribution in [0.3, 0.4) is 0 Å². The standard InChI is InChI=1S/C17H23N3OS/c1-11-6-5-7-20(9-11)16(21)10-22-17-15(8-18)13(3)12(2)14(4)19-17/h11H,5-7,9-10H2,1-4H3. The maximum Gasteiger partial charge on any atom is 0.232 e. The Morgan fingerprint density at radius 3 is 2.77 bits per heavy atom. The number of nitrogens with zero attached hydrogens (tertiary/aromatic N) is 3. The van der Waals surface area contributed by atoms with Crippen LogP contribution in [0, 0.1) is 38.0 Å². The van der Waals surface area contributed by atoms with Gasteiger partial charge in [0.15, 0.2) is 0 Å². The number of carbonyl (C=O) groups excluding carboxylic acids is 1. The second-order valence-electron chi connectivity index (χ2n) is 6.11. The number of thioether (sulfide) groups is 1. The predicted molar refractivity (Wildman–Crippen MR) is 88.9 cm³/mol. The van der Waals surface area contributed by atoms with E-state index in [1.807, 2.05) is 25.7 Å². The Bertz CT molecular complexity index is 621. The molecule has 2 heterocycles. The molecule has 0 bridgehead atoms. The van der Waals surface area contributed by atoms with E-state index in [-0.39, 0.29) is 5.91 Å². The van der Waals surface area contributed by atoms with E-state index < -0.39 is 0 Å². The van der Waals surface area contributed by atoms with Crippen molar-refractivity contribution in [2.45, 2.75) is 45.6 Å². The summed E-state index contributed by atoms with van der Waals surface area (Å²) in [6, 6.07) is 2.23. The maximum absolute atomic E-state index is 12.3. The van der Waals surface area contributed by atoms with E-state index in [2.05, 4.69) is 18.0 Å². The summed E-state index contributed by atoms with van der Waals surface area (Å²) < 4.78 is 0. The van der Waals surface area contributed by atoms with Gasteiger partial charge in [-0.05, 0) is 50.7 Å². The van der Waals surface area contributed by atoms with E-state index in [0.717, 1.165) is 36.3 Å². The van der Waals surface area contributed by atoms with Gasteiger partial charge in [0, 0.05) is 18.8 Å². The molecule has 1 aromatic heterocycles. The van der Waals surface area contributed by atoms with Crippen LogP contribution < -0.4 is 0 Å². The molecule has 5 heteroatoms. The number of pyridine rings is 1. The fourth-order valence-electron chi connectivity index (χ4n) is 2.78. The van der Waals surface area contributed by atoms with Crippen LogP contribution in [-0.2, 0) is 4.79 Å². The van der Waals surface area contributed by atoms with Crippen molar-refractivity contribution in [1.82, 2.24) is 9.88 Å². The molecule has 1 saturated heterocycles. The van der Waals surface area contributed by atoms with Gasteiger partial charge in [0.05, 0.1) is 11.3 Å². The first-order chi connectivity index (χ1) is 10.4. The van der Waals surface area contributed by atoms with Crippen LogP contribution in [0.2, 0.25) is 0 Å². The minimum absolute atomic E-state index is 0.151. The molecule has 4 nitrogen and oxygen atoms in total. The zero-order chi connectivity index (χ0) is 16.3. The highest BCUT2D eigenvalue weighted by Crippen LogP contribution is 2.27. The van der Waals surface area contributed by atoms with Crippen LogP contribution in [0.25, 0.3) is 0 Å². The average molecular weight is 317 g/mol. The summed E-state index contributed by atoms with van der Waals surface area (Å²) in [5.41, 5.74) is 3.56. The van der Waals surface area contributed by atoms with Crippen LogP contribution >= 0.6 is 11.8 Å². The van der Waals surface area contributed by atoms with Crippen molar-refractivity contribution >= 4 is 17.7 Å². The molecule has 118 valence electrons. The summed E-state index contributed by atoms with van der Waals surface area (Å²) in [5, 5.41) is 10.0. The number of aromatic nitrogens is 1. The Kier molecular flexibility index (Phi) is 5.47. The quantitative estimate of drug-likeness (QED) is 0.803. The summed E-state index contributed by atoms with van der Waals surface area (Å²) in [5.74, 6) is 1.09. The lowest BCUT2D eigenvalue weighted by molar-refractivity contribution is -0.130. The maximum atomic E-state index is 12.3. The van der Waals surface area contributed by atoms with Gasteiger partial charge in [-0.3, -0.25) is 4.79 Å². The van der Waals surface area contributed by atoms with Gasteiger partial charge >= 0.3 is 0 Å². The third-order valence-electron chi connectivity index (χ3n) is 4.42. The number of carbonyl (C=O) groups is 1. The Hall–Kier alpha value is -1.54. The van der Waals surface area contributed by atoms with Crippen molar-refractivity contribution in [3.8, 4) is 6.07 Å². The van der Waals surface area contributed by atoms with Gasteiger partial charge < -0.3 is 4.90 Å². The van der Waals surface area contributed by atoms with Crippen molar-refractivity contribution in [2.75, 3.05) is 18.8 Å². The third kappa shape index (κ3) is 3.61. The van der Waals surface area contributed by atoms with Crippen molar-refractivity contribution in [2.24, 2.45) is 5.92 Å². The van der Waals surface area contributed by atoms with Gasteiger partial charge in [-0.15, -0.1) is 0 Å². The van der Waals surface area contributed by atoms with Gasteiger partial charge in [0.2, 0.25) is 5.91 Å². The van der Waals surface area contributed by atoms with E-state index in [1.165, 1.54) is 18.2 Å². The molecule has 0 N–H and O–H groups in total. The van der Waals surface area contributed by atoms with Crippen LogP contribution in [0.4, 0.5) is 0 Å². The summed E-state index contributed by atoms with van der Waals surface area (Å²) in [6.07, 6.45) is 2.29. The molecule has 0 spiro atoms. The SMILES string of the molecule is Cc1nc(SCC(=O)N2CCCC(C)C2)c(C#N)c(C)c1C. The number of hydrogen-bond acceptors (Lipinski definition) is 4. The number of hydrogen-bond donors (Lipinski definition) is 0. The Labute approximate surface area is 136 Å². The fourth-order valence-corrected chi connectivity index (χ4v) is 3.77. The highest BCUT2D eigenvalue weighted by molar-refractivity contribution is 8.00. The lowest BCUT2D eigenvalue weighted by Gasteiger charge is -2.30. The lowest BCUT2D eigenvalue weighted by atomic mass is 10.0. The number of nitriles is 1. The third-order valence-corrected chi connectivity index (χ3v) is 5.38. The monoisotopic (exact) mass is 317 g/mol. The van der Waals surface area contributed by atoms with Crippen molar-refractivity contribution in [3.63, 3.8) is 0 Å². The van der Waals surface area contributed by atoms with Gasteiger partial charge in [-0.2, -0.15) is 5.26 Å². The van der Waals surface area contributed by atoms with Crippen LogP contribution in [-0.4, -0.2) is 34.6 Å². The highest BCUT2D eigenvalue weighted by Gasteiger charge is 2.22. The molecule has 0 saturated carbocycles. The molecule has 1 aromatic rings. The summed E-state index contributed by atoms with van der Waals surface area (Å²) in [4.78, 5) is 18.8. The molecule has 0 aliphatic carbocycles. The molecular weight excluding hydrogens is 294 g/mol. The molecule has 1 unspecified atom stereocenters. The number of rotatable bonds is 3. The predicted octanol–water partition coefficient (Wildman–Crippen LogP) is 3.23. The highest BCUT2D eigenvalue weighted by atomic mass is 32.2. The minimum atomic E-state index is 0.151. The van der Waals surface area contributed by atoms with Gasteiger partial charge in [0.25, 0.3) is 0 Å². The van der Waals surface area contributed by atoms with Gasteiger partial charge in [-0.25, -0.2) is 4.98 Å². The van der Waals surface area contributed by atoms with Gasteiger partial charge in [0.1, 0.15) is 11.1 Å². The molecule has 1 aliphatic heterocycles. The smallest absolute Gasteiger partial charge is 0.232 e. The van der Waals surface area contributed by atoms with E-state index in [0.29, 0.717) is 22.3 Å². The van der Waals surface area contributed by atoms with Crippen LogP contribution in [0.1, 0.15) is 42.1 Å². The van der Waals surface area contributed by atoms with Crippen LogP contribution in [0.15, 0.2) is 5.03 Å². The number of likely N-dealkylation sites (tertiary alicyclic amines) is 1. The summed E-state index contributed by atoms with van der Waals surface area (Å²) >= 11 is 1.39. The second-order valence-corrected chi connectivity index (χ2v) is 7.08. The largest absolute Gasteiger partial charge is 0.342 e. The normalized spacial score (nSPS) is 18.1. The Balaban J connectivity index is 2.08. The lowest BCUT2D eigenvalue weighted by Crippen LogP contribution is -2.40. The Morgan fingerprint density at radius 2 is 2.14 bits per heavy atom. The summed E-state index contributed by atoms with van der Waals surface area (Å²) in [6.45, 7) is 9.77. The van der Waals surface area contributed by atoms with Crippen molar-refractivity contribution in [1.29, 1.82) is 5.26 Å². The zero-order valence-electron chi connectivity index (χ0n) is 13.8. The average Bonchev–Trinajstić information content (AvgIpc) is 2.50. The number of aryl methyl sites for hydroxylation is 1. The van der Waals surface area contributed by atoms with Crippen LogP contribution in [0.5, 0.6) is 0 Å². The number of amides is 1. The first-order valence-corrected chi connectivity index (χ1v) is 8.71. The first-order valence-electron chi connectivity index (χ1n) is 7.72. The zero-order valence-corrected chi connectivity index (χ0v) is 14.6. The topological polar surface area (TPSA) is 57.0 Å². The molecular formula is C17H23N3OS.